The summed E-state index contributed by atoms with van der Waals surface area (Å²) in [5, 5.41) is 25.7. The number of nitrogens with one attached hydrogen (secondary N) is 4. The Morgan fingerprint density at radius 2 is 1.24 bits per heavy atom. The number of aromatic amines is 2. The molecule has 2 aliphatic heterocycles. The summed E-state index contributed by atoms with van der Waals surface area (Å²) in [7, 11) is 0. The molecule has 41 heavy (non-hydrogen) atoms. The number of nitrogens with zero attached hydrogens (tertiary/aromatic N) is 5. The Kier molecular flexibility index (Phi) is 8.05. The molecule has 17 nitrogen and oxygen atoms in total. The highest BCUT2D eigenvalue weighted by Gasteiger charge is 2.38. The second-order valence-electron chi connectivity index (χ2n) is 9.81. The number of hydrogen-bond donors (Lipinski definition) is 6. The molecule has 6 N–H and O–H groups in total. The summed E-state index contributed by atoms with van der Waals surface area (Å²) in [6.45, 7) is 2.36. The van der Waals surface area contributed by atoms with Crippen molar-refractivity contribution in [3.8, 4) is 0 Å². The Balaban J connectivity index is 1.32. The third-order valence-electron chi connectivity index (χ3n) is 6.98. The maximum absolute atomic E-state index is 12.3. The molecule has 0 spiro atoms. The van der Waals surface area contributed by atoms with Crippen LogP contribution >= 0.6 is 11.6 Å². The van der Waals surface area contributed by atoms with Crippen LogP contribution in [-0.4, -0.2) is 81.8 Å². The van der Waals surface area contributed by atoms with Gasteiger partial charge in [-0.2, -0.15) is 15.0 Å². The quantitative estimate of drug-likeness (QED) is 0.172. The molecule has 18 heteroatoms. The molecule has 0 radical (unpaired) electrons. The van der Waals surface area contributed by atoms with Crippen LogP contribution in [0.3, 0.4) is 0 Å². The first kappa shape index (κ1) is 28.6. The fraction of sp³-hybridized carbons (Fsp3) is 0.522. The molecule has 0 bridgehead atoms. The second kappa shape index (κ2) is 11.5. The summed E-state index contributed by atoms with van der Waals surface area (Å²) >= 11 is 6.15. The molecule has 0 aliphatic carbocycles. The Morgan fingerprint density at radius 1 is 0.829 bits per heavy atom. The molecule has 3 aromatic rings. The number of aryl methyl sites for hydroxylation is 2. The topological polar surface area (TPSA) is 231 Å². The van der Waals surface area contributed by atoms with E-state index in [1.807, 2.05) is 0 Å². The summed E-state index contributed by atoms with van der Waals surface area (Å²) in [6, 6.07) is -1.09. The molecule has 0 unspecified atom stereocenters. The lowest BCUT2D eigenvalue weighted by Crippen LogP contribution is -2.34. The third-order valence-corrected chi connectivity index (χ3v) is 7.15. The number of halogens is 1. The minimum absolute atomic E-state index is 0.0497. The Bertz CT molecular complexity index is 1550. The van der Waals surface area contributed by atoms with Gasteiger partial charge in [0.2, 0.25) is 17.2 Å². The number of hydrogen-bond acceptors (Lipinski definition) is 13. The highest BCUT2D eigenvalue weighted by atomic mass is 35.5. The van der Waals surface area contributed by atoms with Crippen LogP contribution in [0.1, 0.15) is 36.4 Å². The average Bonchev–Trinajstić information content (AvgIpc) is 3.51. The van der Waals surface area contributed by atoms with Gasteiger partial charge in [-0.25, -0.2) is 9.59 Å². The lowest BCUT2D eigenvalue weighted by molar-refractivity contribution is -0.0262. The molecule has 2 saturated heterocycles. The van der Waals surface area contributed by atoms with Crippen molar-refractivity contribution in [3.05, 3.63) is 70.5 Å². The SMILES string of the molecule is Cc1cn([C@H]2C[C@H](Nc3nc(Cl)nc(N[C@H]4C[C@H](n5cc(C)c(=O)[nH]c5=O)O[C@@H]4CO)n3)[C@@H](CO)O2)c(=O)[nH]c1=O. The van der Waals surface area contributed by atoms with Gasteiger partial charge in [0.15, 0.2) is 0 Å². The molecular weight excluding hydrogens is 566 g/mol. The van der Waals surface area contributed by atoms with Crippen LogP contribution in [0.25, 0.3) is 0 Å². The van der Waals surface area contributed by atoms with Crippen LogP contribution in [-0.2, 0) is 9.47 Å². The number of aliphatic hydroxyl groups excluding tert-OH is 2. The van der Waals surface area contributed by atoms with Crippen molar-refractivity contribution in [3.63, 3.8) is 0 Å². The smallest absolute Gasteiger partial charge is 0.330 e. The first-order valence-corrected chi connectivity index (χ1v) is 13.1. The third kappa shape index (κ3) is 5.94. The zero-order valence-corrected chi connectivity index (χ0v) is 22.7. The lowest BCUT2D eigenvalue weighted by atomic mass is 10.1. The van der Waals surface area contributed by atoms with E-state index in [0.717, 1.165) is 0 Å². The number of aliphatic hydroxyl groups is 2. The van der Waals surface area contributed by atoms with Crippen LogP contribution < -0.4 is 33.1 Å². The number of H-pyrrole nitrogens is 2. The number of aromatic nitrogens is 7. The van der Waals surface area contributed by atoms with Gasteiger partial charge in [-0.15, -0.1) is 0 Å². The molecule has 0 aromatic carbocycles. The van der Waals surface area contributed by atoms with E-state index in [4.69, 9.17) is 21.1 Å². The predicted molar refractivity (Wildman–Crippen MR) is 143 cm³/mol. The zero-order chi connectivity index (χ0) is 29.4. The number of anilines is 2. The fourth-order valence-corrected chi connectivity index (χ4v) is 5.02. The zero-order valence-electron chi connectivity index (χ0n) is 21.9. The summed E-state index contributed by atoms with van der Waals surface area (Å²) in [5.74, 6) is 0.0994. The van der Waals surface area contributed by atoms with Crippen molar-refractivity contribution >= 4 is 23.5 Å². The standard InChI is InChI=1S/C23H28ClN9O8/c1-9-5-32(22(38)27-17(9)36)15-3-11(13(7-34)40-15)25-20-29-19(24)30-21(31-20)26-12-4-16(41-14(12)8-35)33-6-10(2)18(37)28-23(33)39/h5-6,11-16,34-35H,3-4,7-8H2,1-2H3,(H,27,36,38)(H,28,37,39)(H2,25,26,29,30,31)/t11-,12-,13+,14+,15+,16+/m0/s1. The monoisotopic (exact) mass is 593 g/mol. The van der Waals surface area contributed by atoms with E-state index in [0.29, 0.717) is 11.1 Å². The molecule has 2 fully saturated rings. The molecule has 0 amide bonds. The van der Waals surface area contributed by atoms with Crippen molar-refractivity contribution in [2.24, 2.45) is 0 Å². The van der Waals surface area contributed by atoms with E-state index < -0.39 is 59.2 Å². The maximum atomic E-state index is 12.3. The van der Waals surface area contributed by atoms with Gasteiger partial charge in [0.05, 0.1) is 25.3 Å². The van der Waals surface area contributed by atoms with Crippen LogP contribution in [0.5, 0.6) is 0 Å². The van der Waals surface area contributed by atoms with Gasteiger partial charge < -0.3 is 30.3 Å². The molecular formula is C23H28ClN9O8. The number of rotatable bonds is 8. The second-order valence-corrected chi connectivity index (χ2v) is 10.1. The molecule has 220 valence electrons. The van der Waals surface area contributed by atoms with Gasteiger partial charge in [-0.3, -0.25) is 28.7 Å². The Hall–Kier alpha value is -3.90. The van der Waals surface area contributed by atoms with Gasteiger partial charge in [0.25, 0.3) is 11.1 Å². The minimum atomic E-state index is -0.777. The highest BCUT2D eigenvalue weighted by Crippen LogP contribution is 2.31. The van der Waals surface area contributed by atoms with Gasteiger partial charge in [0.1, 0.15) is 24.7 Å². The Labute approximate surface area is 235 Å². The number of ether oxygens (including phenoxy) is 2. The average molecular weight is 594 g/mol. The van der Waals surface area contributed by atoms with Crippen LogP contribution in [0, 0.1) is 13.8 Å². The maximum Gasteiger partial charge on any atom is 0.330 e. The highest BCUT2D eigenvalue weighted by molar-refractivity contribution is 6.28. The van der Waals surface area contributed by atoms with Crippen molar-refractivity contribution in [1.29, 1.82) is 0 Å². The molecule has 5 rings (SSSR count). The van der Waals surface area contributed by atoms with E-state index in [2.05, 4.69) is 35.6 Å². The molecule has 3 aromatic heterocycles. The minimum Gasteiger partial charge on any atom is -0.394 e. The van der Waals surface area contributed by atoms with Gasteiger partial charge in [0, 0.05) is 36.4 Å². The first-order valence-electron chi connectivity index (χ1n) is 12.7. The normalized spacial score (nSPS) is 25.9. The van der Waals surface area contributed by atoms with E-state index in [1.54, 1.807) is 13.8 Å². The van der Waals surface area contributed by atoms with Crippen molar-refractivity contribution in [2.45, 2.75) is 63.4 Å². The summed E-state index contributed by atoms with van der Waals surface area (Å²) in [5.41, 5.74) is -1.64. The van der Waals surface area contributed by atoms with Gasteiger partial charge in [-0.1, -0.05) is 0 Å². The Morgan fingerprint density at radius 3 is 1.63 bits per heavy atom. The first-order chi connectivity index (χ1) is 19.6. The van der Waals surface area contributed by atoms with E-state index >= 15 is 0 Å². The van der Waals surface area contributed by atoms with Crippen molar-refractivity contribution < 1.29 is 19.7 Å². The van der Waals surface area contributed by atoms with Gasteiger partial charge >= 0.3 is 11.4 Å². The summed E-state index contributed by atoms with van der Waals surface area (Å²) < 4.78 is 14.2. The van der Waals surface area contributed by atoms with E-state index in [1.165, 1.54) is 21.5 Å². The fourth-order valence-electron chi connectivity index (χ4n) is 4.86. The lowest BCUT2D eigenvalue weighted by Gasteiger charge is -2.19. The van der Waals surface area contributed by atoms with Crippen LogP contribution in [0.2, 0.25) is 5.28 Å². The summed E-state index contributed by atoms with van der Waals surface area (Å²) in [6.07, 6.45) is 0.187. The molecule has 2 aliphatic rings. The van der Waals surface area contributed by atoms with Crippen molar-refractivity contribution in [1.82, 2.24) is 34.1 Å². The molecule has 6 atom stereocenters. The molecule has 5 heterocycles. The van der Waals surface area contributed by atoms with Crippen LogP contribution in [0.4, 0.5) is 11.9 Å². The predicted octanol–water partition coefficient (Wildman–Crippen LogP) is -1.64. The van der Waals surface area contributed by atoms with E-state index in [-0.39, 0.29) is 43.2 Å². The van der Waals surface area contributed by atoms with E-state index in [9.17, 15) is 29.4 Å². The molecule has 0 saturated carbocycles. The summed E-state index contributed by atoms with van der Waals surface area (Å²) in [4.78, 5) is 65.1. The van der Waals surface area contributed by atoms with Crippen molar-refractivity contribution in [2.75, 3.05) is 23.8 Å². The van der Waals surface area contributed by atoms with Gasteiger partial charge in [-0.05, 0) is 25.4 Å². The van der Waals surface area contributed by atoms with Crippen LogP contribution in [0.15, 0.2) is 31.6 Å². The largest absolute Gasteiger partial charge is 0.394 e.